The maximum Gasteiger partial charge on any atom is 0.257 e. The number of benzene rings is 1. The number of carbonyl (C=O) groups is 2. The number of carbonyl (C=O) groups excluding carboxylic acids is 2. The summed E-state index contributed by atoms with van der Waals surface area (Å²) in [6, 6.07) is 0.844. The number of hydrogen-bond donors (Lipinski definition) is 2. The molecule has 0 bridgehead atoms. The van der Waals surface area contributed by atoms with Crippen LogP contribution in [0.15, 0.2) is 29.0 Å². The van der Waals surface area contributed by atoms with Crippen molar-refractivity contribution in [2.75, 3.05) is 24.6 Å². The number of amides is 2. The van der Waals surface area contributed by atoms with Gasteiger partial charge in [-0.1, -0.05) is 5.16 Å². The molecule has 11 nitrogen and oxygen atoms in total. The molecule has 38 heavy (non-hydrogen) atoms. The number of aryl methyl sites for hydroxylation is 1. The van der Waals surface area contributed by atoms with Gasteiger partial charge in [-0.3, -0.25) is 9.59 Å². The third-order valence-corrected chi connectivity index (χ3v) is 6.36. The summed E-state index contributed by atoms with van der Waals surface area (Å²) in [5.41, 5.74) is 4.97. The second-order valence-corrected chi connectivity index (χ2v) is 9.19. The number of aromatic nitrogens is 4. The van der Waals surface area contributed by atoms with E-state index in [1.165, 1.54) is 6.92 Å². The van der Waals surface area contributed by atoms with Crippen molar-refractivity contribution in [3.8, 4) is 17.1 Å². The van der Waals surface area contributed by atoms with Crippen LogP contribution < -0.4 is 20.7 Å². The van der Waals surface area contributed by atoms with Crippen molar-refractivity contribution in [2.45, 2.75) is 45.6 Å². The van der Waals surface area contributed by atoms with Crippen molar-refractivity contribution >= 4 is 17.8 Å². The van der Waals surface area contributed by atoms with Crippen LogP contribution in [-0.2, 0) is 4.79 Å². The minimum Gasteiger partial charge on any atom is -0.493 e. The van der Waals surface area contributed by atoms with E-state index in [-0.39, 0.29) is 12.4 Å². The zero-order valence-electron chi connectivity index (χ0n) is 21.1. The Labute approximate surface area is 217 Å². The molecular formula is C25H29F2N7O4. The van der Waals surface area contributed by atoms with Crippen LogP contribution >= 0.6 is 0 Å². The van der Waals surface area contributed by atoms with Crippen LogP contribution in [0.1, 0.15) is 48.9 Å². The van der Waals surface area contributed by atoms with E-state index in [9.17, 15) is 18.4 Å². The van der Waals surface area contributed by atoms with Crippen LogP contribution in [0.5, 0.6) is 5.75 Å². The molecule has 3 aromatic rings. The number of anilines is 1. The van der Waals surface area contributed by atoms with Crippen molar-refractivity contribution in [3.05, 3.63) is 47.6 Å². The zero-order valence-corrected chi connectivity index (χ0v) is 21.1. The fraction of sp³-hybridized carbons (Fsp3) is 0.440. The quantitative estimate of drug-likeness (QED) is 0.378. The number of rotatable bonds is 10. The zero-order chi connectivity index (χ0) is 27.2. The second-order valence-electron chi connectivity index (χ2n) is 9.19. The van der Waals surface area contributed by atoms with E-state index in [1.54, 1.807) is 19.3 Å². The molecule has 4 rings (SSSR count). The molecule has 2 aromatic heterocycles. The van der Waals surface area contributed by atoms with E-state index in [0.717, 1.165) is 44.5 Å². The van der Waals surface area contributed by atoms with Crippen LogP contribution in [0.25, 0.3) is 11.4 Å². The fourth-order valence-electron chi connectivity index (χ4n) is 4.19. The van der Waals surface area contributed by atoms with Gasteiger partial charge in [0.2, 0.25) is 23.6 Å². The highest BCUT2D eigenvalue weighted by atomic mass is 19.1. The number of nitrogens with two attached hydrogens (primary N) is 1. The molecule has 1 atom stereocenters. The number of ether oxygens (including phenoxy) is 1. The van der Waals surface area contributed by atoms with Gasteiger partial charge in [0.25, 0.3) is 5.91 Å². The average Bonchev–Trinajstić information content (AvgIpc) is 3.33. The lowest BCUT2D eigenvalue weighted by atomic mass is 9.92. The van der Waals surface area contributed by atoms with Gasteiger partial charge in [-0.05, 0) is 38.5 Å². The lowest BCUT2D eigenvalue weighted by Gasteiger charge is -2.32. The SMILES string of the molecule is Cc1nc(-c2cnc(N3CCC(CCCOc4cc(F)c(C(=O)N[C@@H](C)C(N)=O)c(F)c4)CC3)nc2)no1. The summed E-state index contributed by atoms with van der Waals surface area (Å²) in [6.07, 6.45) is 6.91. The predicted molar refractivity (Wildman–Crippen MR) is 132 cm³/mol. The minimum absolute atomic E-state index is 0.00843. The Hall–Kier alpha value is -4.16. The molecule has 2 amide bonds. The predicted octanol–water partition coefficient (Wildman–Crippen LogP) is 2.79. The van der Waals surface area contributed by atoms with Gasteiger partial charge in [0, 0.05) is 44.5 Å². The number of piperidine rings is 1. The Morgan fingerprint density at radius 3 is 2.45 bits per heavy atom. The Morgan fingerprint density at radius 2 is 1.87 bits per heavy atom. The smallest absolute Gasteiger partial charge is 0.257 e. The van der Waals surface area contributed by atoms with Gasteiger partial charge < -0.3 is 25.2 Å². The maximum absolute atomic E-state index is 14.4. The molecule has 0 aliphatic carbocycles. The first-order valence-electron chi connectivity index (χ1n) is 12.3. The van der Waals surface area contributed by atoms with E-state index >= 15 is 0 Å². The lowest BCUT2D eigenvalue weighted by molar-refractivity contribution is -0.119. The maximum atomic E-state index is 14.4. The van der Waals surface area contributed by atoms with Gasteiger partial charge in [0.1, 0.15) is 29.0 Å². The number of nitrogens with one attached hydrogen (secondary N) is 1. The average molecular weight is 530 g/mol. The molecule has 1 aliphatic heterocycles. The van der Waals surface area contributed by atoms with Gasteiger partial charge in [0.15, 0.2) is 0 Å². The van der Waals surface area contributed by atoms with Crippen molar-refractivity contribution in [1.82, 2.24) is 25.4 Å². The summed E-state index contributed by atoms with van der Waals surface area (Å²) in [7, 11) is 0. The van der Waals surface area contributed by atoms with E-state index in [0.29, 0.717) is 35.6 Å². The van der Waals surface area contributed by atoms with Crippen LogP contribution in [0.2, 0.25) is 0 Å². The summed E-state index contributed by atoms with van der Waals surface area (Å²) in [4.78, 5) is 38.3. The molecular weight excluding hydrogens is 500 g/mol. The third-order valence-electron chi connectivity index (χ3n) is 6.36. The van der Waals surface area contributed by atoms with Crippen molar-refractivity contribution in [1.29, 1.82) is 0 Å². The summed E-state index contributed by atoms with van der Waals surface area (Å²) in [6.45, 7) is 4.96. The molecule has 1 fully saturated rings. The topological polar surface area (TPSA) is 149 Å². The summed E-state index contributed by atoms with van der Waals surface area (Å²) in [5.74, 6) is -1.97. The lowest BCUT2D eigenvalue weighted by Crippen LogP contribution is -2.42. The molecule has 1 saturated heterocycles. The van der Waals surface area contributed by atoms with Crippen molar-refractivity contribution in [2.24, 2.45) is 11.7 Å². The molecule has 3 N–H and O–H groups in total. The Morgan fingerprint density at radius 1 is 1.21 bits per heavy atom. The fourth-order valence-corrected chi connectivity index (χ4v) is 4.19. The summed E-state index contributed by atoms with van der Waals surface area (Å²) in [5, 5.41) is 6.02. The standard InChI is InChI=1S/C25H29F2N7O4/c1-14(22(28)35)31-24(36)21-19(26)10-18(11-20(21)27)37-9-3-4-16-5-7-34(8-6-16)25-29-12-17(13-30-25)23-32-15(2)38-33-23/h10-14,16H,3-9H2,1-2H3,(H2,28,35)(H,31,36)/t14-/m0/s1. The van der Waals surface area contributed by atoms with Crippen LogP contribution in [0.3, 0.4) is 0 Å². The third kappa shape index (κ3) is 6.58. The molecule has 0 spiro atoms. The molecule has 1 aliphatic rings. The molecule has 0 unspecified atom stereocenters. The van der Waals surface area contributed by atoms with Gasteiger partial charge >= 0.3 is 0 Å². The molecule has 3 heterocycles. The van der Waals surface area contributed by atoms with Gasteiger partial charge in [-0.25, -0.2) is 18.7 Å². The first-order chi connectivity index (χ1) is 18.2. The first kappa shape index (κ1) is 26.9. The number of hydrogen-bond acceptors (Lipinski definition) is 9. The van der Waals surface area contributed by atoms with Crippen LogP contribution in [-0.4, -0.2) is 57.7 Å². The molecule has 1 aromatic carbocycles. The minimum atomic E-state index is -1.08. The summed E-state index contributed by atoms with van der Waals surface area (Å²) >= 11 is 0. The van der Waals surface area contributed by atoms with E-state index in [2.05, 4.69) is 30.3 Å². The van der Waals surface area contributed by atoms with E-state index in [1.807, 2.05) is 0 Å². The van der Waals surface area contributed by atoms with Crippen LogP contribution in [0, 0.1) is 24.5 Å². The highest BCUT2D eigenvalue weighted by Gasteiger charge is 2.23. The van der Waals surface area contributed by atoms with Gasteiger partial charge in [-0.15, -0.1) is 0 Å². The molecule has 0 saturated carbocycles. The number of halogens is 2. The van der Waals surface area contributed by atoms with Crippen molar-refractivity contribution in [3.63, 3.8) is 0 Å². The Kier molecular flexibility index (Phi) is 8.44. The van der Waals surface area contributed by atoms with Gasteiger partial charge in [0.05, 0.1) is 12.2 Å². The van der Waals surface area contributed by atoms with E-state index < -0.39 is 35.1 Å². The Bertz CT molecular complexity index is 1250. The second kappa shape index (κ2) is 11.9. The summed E-state index contributed by atoms with van der Waals surface area (Å²) < 4.78 is 39.3. The molecule has 0 radical (unpaired) electrons. The van der Waals surface area contributed by atoms with Crippen molar-refractivity contribution < 1.29 is 27.6 Å². The normalized spacial score (nSPS) is 14.8. The van der Waals surface area contributed by atoms with E-state index in [4.69, 9.17) is 15.0 Å². The first-order valence-corrected chi connectivity index (χ1v) is 12.3. The van der Waals surface area contributed by atoms with Crippen LogP contribution in [0.4, 0.5) is 14.7 Å². The number of primary amides is 1. The molecule has 13 heteroatoms. The highest BCUT2D eigenvalue weighted by molar-refractivity contribution is 5.97. The molecule has 202 valence electrons. The largest absolute Gasteiger partial charge is 0.493 e. The Balaban J connectivity index is 1.20. The monoisotopic (exact) mass is 529 g/mol. The number of nitrogens with zero attached hydrogens (tertiary/aromatic N) is 5. The van der Waals surface area contributed by atoms with Gasteiger partial charge in [-0.2, -0.15) is 4.98 Å². The highest BCUT2D eigenvalue weighted by Crippen LogP contribution is 2.26.